The van der Waals surface area contributed by atoms with Crippen LogP contribution in [0.1, 0.15) is 18.9 Å². The van der Waals surface area contributed by atoms with Crippen molar-refractivity contribution >= 4 is 44.3 Å². The van der Waals surface area contributed by atoms with Gasteiger partial charge in [0.05, 0.1) is 21.6 Å². The highest BCUT2D eigenvalue weighted by Crippen LogP contribution is 2.32. The summed E-state index contributed by atoms with van der Waals surface area (Å²) in [6.07, 6.45) is 4.71. The number of anilines is 2. The summed E-state index contributed by atoms with van der Waals surface area (Å²) in [6.45, 7) is 7.21. The number of piperazine rings is 1. The van der Waals surface area contributed by atoms with Crippen molar-refractivity contribution in [3.05, 3.63) is 59.5 Å². The average Bonchev–Trinajstić information content (AvgIpc) is 3.23. The number of hydrogen-bond acceptors (Lipinski definition) is 7. The molecule has 0 saturated carbocycles. The van der Waals surface area contributed by atoms with Crippen molar-refractivity contribution in [1.29, 1.82) is 0 Å². The molecule has 0 radical (unpaired) electrons. The molecule has 0 bridgehead atoms. The Morgan fingerprint density at radius 1 is 1.14 bits per heavy atom. The zero-order valence-corrected chi connectivity index (χ0v) is 21.8. The summed E-state index contributed by atoms with van der Waals surface area (Å²) in [5, 5.41) is 6.78. The molecule has 1 saturated heterocycles. The van der Waals surface area contributed by atoms with E-state index in [2.05, 4.69) is 38.3 Å². The van der Waals surface area contributed by atoms with Crippen molar-refractivity contribution in [3.63, 3.8) is 0 Å². The van der Waals surface area contributed by atoms with Gasteiger partial charge in [0, 0.05) is 56.4 Å². The summed E-state index contributed by atoms with van der Waals surface area (Å²) in [5.41, 5.74) is 5.04. The van der Waals surface area contributed by atoms with Crippen molar-refractivity contribution in [2.24, 2.45) is 0 Å². The number of rotatable bonds is 7. The SMILES string of the molecule is CCCn1cc(-c2ccnc(Nc3cccc(S(=O)(=O)N4CCNCC4)c3)n2)c2nc(Cl)cc(C)c21. The van der Waals surface area contributed by atoms with Gasteiger partial charge in [-0.15, -0.1) is 0 Å². The molecule has 4 heterocycles. The lowest BCUT2D eigenvalue weighted by molar-refractivity contribution is 0.360. The molecule has 11 heteroatoms. The summed E-state index contributed by atoms with van der Waals surface area (Å²) >= 11 is 6.29. The molecule has 5 rings (SSSR count). The van der Waals surface area contributed by atoms with E-state index in [1.165, 1.54) is 4.31 Å². The van der Waals surface area contributed by atoms with E-state index in [9.17, 15) is 8.42 Å². The number of pyridine rings is 1. The average molecular weight is 526 g/mol. The van der Waals surface area contributed by atoms with E-state index in [1.54, 1.807) is 30.5 Å². The quantitative estimate of drug-likeness (QED) is 0.348. The number of sulfonamides is 1. The lowest BCUT2D eigenvalue weighted by atomic mass is 10.1. The maximum atomic E-state index is 13.1. The Kier molecular flexibility index (Phi) is 6.94. The maximum absolute atomic E-state index is 13.1. The topological polar surface area (TPSA) is 105 Å². The molecule has 0 aliphatic carbocycles. The first kappa shape index (κ1) is 24.6. The van der Waals surface area contributed by atoms with Crippen molar-refractivity contribution < 1.29 is 8.42 Å². The molecule has 3 aromatic heterocycles. The van der Waals surface area contributed by atoms with Crippen LogP contribution in [0.3, 0.4) is 0 Å². The van der Waals surface area contributed by atoms with Crippen LogP contribution < -0.4 is 10.6 Å². The van der Waals surface area contributed by atoms with Crippen LogP contribution in [-0.4, -0.2) is 58.4 Å². The second kappa shape index (κ2) is 10.1. The summed E-state index contributed by atoms with van der Waals surface area (Å²) < 4.78 is 29.9. The van der Waals surface area contributed by atoms with Gasteiger partial charge < -0.3 is 15.2 Å². The van der Waals surface area contributed by atoms with Crippen molar-refractivity contribution in [1.82, 2.24) is 29.1 Å². The minimum Gasteiger partial charge on any atom is -0.345 e. The van der Waals surface area contributed by atoms with Crippen LogP contribution in [-0.2, 0) is 16.6 Å². The molecule has 1 fully saturated rings. The van der Waals surface area contributed by atoms with E-state index >= 15 is 0 Å². The zero-order chi connectivity index (χ0) is 25.3. The first-order valence-electron chi connectivity index (χ1n) is 11.9. The van der Waals surface area contributed by atoms with Gasteiger partial charge in [-0.2, -0.15) is 4.31 Å². The van der Waals surface area contributed by atoms with E-state index in [0.717, 1.165) is 35.1 Å². The Morgan fingerprint density at radius 3 is 2.72 bits per heavy atom. The molecule has 1 aromatic carbocycles. The molecular weight excluding hydrogens is 498 g/mol. The predicted octanol–water partition coefficient (Wildman–Crippen LogP) is 4.20. The Morgan fingerprint density at radius 2 is 1.94 bits per heavy atom. The highest BCUT2D eigenvalue weighted by molar-refractivity contribution is 7.89. The number of hydrogen-bond donors (Lipinski definition) is 2. The van der Waals surface area contributed by atoms with E-state index in [1.807, 2.05) is 19.1 Å². The summed E-state index contributed by atoms with van der Waals surface area (Å²) in [6, 6.07) is 10.4. The van der Waals surface area contributed by atoms with Crippen LogP contribution in [0.4, 0.5) is 11.6 Å². The second-order valence-electron chi connectivity index (χ2n) is 8.77. The van der Waals surface area contributed by atoms with Crippen molar-refractivity contribution in [2.75, 3.05) is 31.5 Å². The Labute approximate surface area is 215 Å². The third-order valence-electron chi connectivity index (χ3n) is 6.18. The van der Waals surface area contributed by atoms with Gasteiger partial charge in [0.25, 0.3) is 0 Å². The van der Waals surface area contributed by atoms with Gasteiger partial charge in [-0.05, 0) is 49.2 Å². The fourth-order valence-corrected chi connectivity index (χ4v) is 6.26. The maximum Gasteiger partial charge on any atom is 0.243 e. The molecular formula is C25H28ClN7O2S. The van der Waals surface area contributed by atoms with Gasteiger partial charge in [0.15, 0.2) is 0 Å². The van der Waals surface area contributed by atoms with E-state index < -0.39 is 10.0 Å². The molecule has 4 aromatic rings. The predicted molar refractivity (Wildman–Crippen MR) is 142 cm³/mol. The van der Waals surface area contributed by atoms with E-state index in [4.69, 9.17) is 16.6 Å². The molecule has 1 aliphatic rings. The number of halogens is 1. The normalized spacial score (nSPS) is 14.9. The molecule has 0 amide bonds. The lowest BCUT2D eigenvalue weighted by Gasteiger charge is -2.26. The summed E-state index contributed by atoms with van der Waals surface area (Å²) in [4.78, 5) is 13.9. The molecule has 0 atom stereocenters. The Balaban J connectivity index is 1.47. The van der Waals surface area contributed by atoms with Gasteiger partial charge in [-0.25, -0.2) is 23.4 Å². The van der Waals surface area contributed by atoms with Crippen LogP contribution in [0.5, 0.6) is 0 Å². The summed E-state index contributed by atoms with van der Waals surface area (Å²) in [7, 11) is -3.57. The Bertz CT molecular complexity index is 1510. The number of nitrogens with zero attached hydrogens (tertiary/aromatic N) is 5. The fraction of sp³-hybridized carbons (Fsp3) is 0.320. The van der Waals surface area contributed by atoms with Gasteiger partial charge in [0.1, 0.15) is 5.15 Å². The van der Waals surface area contributed by atoms with Crippen LogP contribution >= 0.6 is 11.6 Å². The van der Waals surface area contributed by atoms with Gasteiger partial charge >= 0.3 is 0 Å². The first-order chi connectivity index (χ1) is 17.4. The van der Waals surface area contributed by atoms with Crippen molar-refractivity contribution in [2.45, 2.75) is 31.7 Å². The van der Waals surface area contributed by atoms with Crippen LogP contribution in [0.15, 0.2) is 53.7 Å². The molecule has 1 aliphatic heterocycles. The number of aryl methyl sites for hydroxylation is 2. The molecule has 36 heavy (non-hydrogen) atoms. The number of fused-ring (bicyclic) bond motifs is 1. The summed E-state index contributed by atoms with van der Waals surface area (Å²) in [5.74, 6) is 0.361. The first-order valence-corrected chi connectivity index (χ1v) is 13.8. The lowest BCUT2D eigenvalue weighted by Crippen LogP contribution is -2.46. The van der Waals surface area contributed by atoms with Crippen molar-refractivity contribution in [3.8, 4) is 11.3 Å². The van der Waals surface area contributed by atoms with E-state index in [0.29, 0.717) is 48.7 Å². The van der Waals surface area contributed by atoms with Gasteiger partial charge in [-0.1, -0.05) is 24.6 Å². The highest BCUT2D eigenvalue weighted by Gasteiger charge is 2.26. The second-order valence-corrected chi connectivity index (χ2v) is 11.1. The van der Waals surface area contributed by atoms with E-state index in [-0.39, 0.29) is 4.90 Å². The standard InChI is InChI=1S/C25H28ClN7O2S/c1-3-11-32-16-20(23-24(32)17(2)14-22(26)31-23)21-7-8-28-25(30-21)29-18-5-4-6-19(15-18)36(34,35)33-12-9-27-10-13-33/h4-8,14-16,27H,3,9-13H2,1-2H3,(H,28,29,30). The highest BCUT2D eigenvalue weighted by atomic mass is 35.5. The molecule has 9 nitrogen and oxygen atoms in total. The minimum atomic E-state index is -3.57. The number of benzene rings is 1. The zero-order valence-electron chi connectivity index (χ0n) is 20.2. The fourth-order valence-electron chi connectivity index (χ4n) is 4.53. The molecule has 0 spiro atoms. The Hall–Kier alpha value is -3.05. The van der Waals surface area contributed by atoms with Gasteiger partial charge in [-0.3, -0.25) is 0 Å². The minimum absolute atomic E-state index is 0.238. The molecule has 2 N–H and O–H groups in total. The molecule has 188 valence electrons. The largest absolute Gasteiger partial charge is 0.345 e. The van der Waals surface area contributed by atoms with Gasteiger partial charge in [0.2, 0.25) is 16.0 Å². The van der Waals surface area contributed by atoms with Crippen LogP contribution in [0, 0.1) is 6.92 Å². The van der Waals surface area contributed by atoms with Crippen LogP contribution in [0.2, 0.25) is 5.15 Å². The smallest absolute Gasteiger partial charge is 0.243 e. The number of aromatic nitrogens is 4. The number of nitrogens with one attached hydrogen (secondary N) is 2. The third kappa shape index (κ3) is 4.81. The third-order valence-corrected chi connectivity index (χ3v) is 8.27. The van der Waals surface area contributed by atoms with Crippen LogP contribution in [0.25, 0.3) is 22.3 Å². The molecule has 0 unspecified atom stereocenters. The monoisotopic (exact) mass is 525 g/mol.